The minimum Gasteiger partial charge on any atom is -0.444 e. The van der Waals surface area contributed by atoms with Crippen molar-refractivity contribution in [3.05, 3.63) is 0 Å². The number of carbonyl (C=O) groups excluding carboxylic acids is 1. The molecule has 0 aromatic rings. The standard InChI is InChI=1S/C16H30N2O3/c1-15(2,3)21-14(20)17-10-16(4,12-5-6-12)18-9-11-7-13(19)8-11/h11-13,18-19H,5-10H2,1-4H3,(H,17,20)/t11?,13?,16-/m0/s1. The number of nitrogens with one attached hydrogen (secondary N) is 2. The van der Waals surface area contributed by atoms with Crippen LogP contribution in [0.4, 0.5) is 4.79 Å². The SMILES string of the molecule is CC(C)(C)OC(=O)NC[C@](C)(NCC1CC(O)C1)C1CC1. The van der Waals surface area contributed by atoms with Crippen molar-refractivity contribution in [1.82, 2.24) is 10.6 Å². The molecule has 2 fully saturated rings. The van der Waals surface area contributed by atoms with Crippen LogP contribution in [-0.4, -0.2) is 41.5 Å². The molecule has 0 spiro atoms. The van der Waals surface area contributed by atoms with Crippen molar-refractivity contribution >= 4 is 6.09 Å². The molecule has 0 aromatic carbocycles. The van der Waals surface area contributed by atoms with Crippen molar-refractivity contribution in [2.24, 2.45) is 11.8 Å². The van der Waals surface area contributed by atoms with Crippen LogP contribution in [0.25, 0.3) is 0 Å². The summed E-state index contributed by atoms with van der Waals surface area (Å²) in [5.74, 6) is 1.19. The Balaban J connectivity index is 1.76. The second-order valence-electron chi connectivity index (χ2n) is 7.92. The van der Waals surface area contributed by atoms with E-state index in [0.29, 0.717) is 18.4 Å². The molecule has 0 heterocycles. The molecule has 5 heteroatoms. The lowest BCUT2D eigenvalue weighted by atomic mass is 9.81. The fourth-order valence-corrected chi connectivity index (χ4v) is 2.89. The van der Waals surface area contributed by atoms with Gasteiger partial charge in [-0.2, -0.15) is 0 Å². The Kier molecular flexibility index (Phi) is 4.83. The van der Waals surface area contributed by atoms with Gasteiger partial charge in [0.2, 0.25) is 0 Å². The summed E-state index contributed by atoms with van der Waals surface area (Å²) in [4.78, 5) is 11.8. The van der Waals surface area contributed by atoms with Crippen molar-refractivity contribution in [1.29, 1.82) is 0 Å². The van der Waals surface area contributed by atoms with Crippen LogP contribution < -0.4 is 10.6 Å². The molecular weight excluding hydrogens is 268 g/mol. The first-order valence-corrected chi connectivity index (χ1v) is 8.08. The van der Waals surface area contributed by atoms with E-state index in [2.05, 4.69) is 17.6 Å². The van der Waals surface area contributed by atoms with Crippen LogP contribution in [0.2, 0.25) is 0 Å². The quantitative estimate of drug-likeness (QED) is 0.702. The maximum atomic E-state index is 11.8. The lowest BCUT2D eigenvalue weighted by Crippen LogP contribution is -2.55. The van der Waals surface area contributed by atoms with Gasteiger partial charge < -0.3 is 20.5 Å². The number of hydrogen-bond donors (Lipinski definition) is 3. The van der Waals surface area contributed by atoms with Gasteiger partial charge in [-0.25, -0.2) is 4.79 Å². The zero-order valence-electron chi connectivity index (χ0n) is 13.7. The van der Waals surface area contributed by atoms with E-state index in [4.69, 9.17) is 4.74 Å². The zero-order chi connectivity index (χ0) is 15.7. The van der Waals surface area contributed by atoms with Crippen LogP contribution in [0.1, 0.15) is 53.4 Å². The Morgan fingerprint density at radius 2 is 1.86 bits per heavy atom. The third-order valence-electron chi connectivity index (χ3n) is 4.48. The summed E-state index contributed by atoms with van der Waals surface area (Å²) in [7, 11) is 0. The lowest BCUT2D eigenvalue weighted by Gasteiger charge is -2.37. The molecule has 122 valence electrons. The maximum absolute atomic E-state index is 11.8. The van der Waals surface area contributed by atoms with E-state index in [1.165, 1.54) is 12.8 Å². The van der Waals surface area contributed by atoms with E-state index in [9.17, 15) is 9.90 Å². The number of carbonyl (C=O) groups is 1. The topological polar surface area (TPSA) is 70.6 Å². The highest BCUT2D eigenvalue weighted by Gasteiger charge is 2.42. The largest absolute Gasteiger partial charge is 0.444 e. The molecule has 0 bridgehead atoms. The van der Waals surface area contributed by atoms with Gasteiger partial charge in [0.15, 0.2) is 0 Å². The van der Waals surface area contributed by atoms with Gasteiger partial charge in [-0.1, -0.05) is 0 Å². The van der Waals surface area contributed by atoms with Gasteiger partial charge in [0.1, 0.15) is 5.60 Å². The number of amides is 1. The van der Waals surface area contributed by atoms with E-state index >= 15 is 0 Å². The molecule has 5 nitrogen and oxygen atoms in total. The van der Waals surface area contributed by atoms with Crippen LogP contribution in [0.3, 0.4) is 0 Å². The number of ether oxygens (including phenoxy) is 1. The molecule has 2 aliphatic carbocycles. The smallest absolute Gasteiger partial charge is 0.407 e. The third kappa shape index (κ3) is 5.15. The van der Waals surface area contributed by atoms with Gasteiger partial charge in [-0.05, 0) is 71.8 Å². The number of aliphatic hydroxyl groups excluding tert-OH is 1. The highest BCUT2D eigenvalue weighted by Crippen LogP contribution is 2.40. The normalized spacial score (nSPS) is 28.4. The fourth-order valence-electron chi connectivity index (χ4n) is 2.89. The highest BCUT2D eigenvalue weighted by molar-refractivity contribution is 5.67. The molecule has 2 aliphatic rings. The minimum atomic E-state index is -0.463. The van der Waals surface area contributed by atoms with Crippen LogP contribution in [-0.2, 0) is 4.74 Å². The molecule has 0 aromatic heterocycles. The molecule has 1 atom stereocenters. The van der Waals surface area contributed by atoms with Crippen molar-refractivity contribution < 1.29 is 14.6 Å². The summed E-state index contributed by atoms with van der Waals surface area (Å²) >= 11 is 0. The first kappa shape index (κ1) is 16.6. The van der Waals surface area contributed by atoms with E-state index in [0.717, 1.165) is 19.4 Å². The molecule has 0 radical (unpaired) electrons. The van der Waals surface area contributed by atoms with E-state index in [1.807, 2.05) is 20.8 Å². The van der Waals surface area contributed by atoms with Gasteiger partial charge in [0, 0.05) is 12.1 Å². The van der Waals surface area contributed by atoms with Crippen LogP contribution in [0.15, 0.2) is 0 Å². The zero-order valence-corrected chi connectivity index (χ0v) is 13.7. The summed E-state index contributed by atoms with van der Waals surface area (Å²) in [6, 6.07) is 0. The summed E-state index contributed by atoms with van der Waals surface area (Å²) in [5.41, 5.74) is -0.535. The summed E-state index contributed by atoms with van der Waals surface area (Å²) in [5, 5.41) is 15.9. The molecule has 0 unspecified atom stereocenters. The van der Waals surface area contributed by atoms with E-state index < -0.39 is 5.60 Å². The van der Waals surface area contributed by atoms with Gasteiger partial charge in [0.25, 0.3) is 0 Å². The Hall–Kier alpha value is -0.810. The Bertz CT molecular complexity index is 370. The third-order valence-corrected chi connectivity index (χ3v) is 4.48. The number of aliphatic hydroxyl groups is 1. The van der Waals surface area contributed by atoms with Crippen molar-refractivity contribution in [3.63, 3.8) is 0 Å². The Labute approximate surface area is 127 Å². The monoisotopic (exact) mass is 298 g/mol. The predicted molar refractivity (Wildman–Crippen MR) is 82.1 cm³/mol. The fraction of sp³-hybridized carbons (Fsp3) is 0.938. The average Bonchev–Trinajstić information content (AvgIpc) is 3.13. The lowest BCUT2D eigenvalue weighted by molar-refractivity contribution is 0.0375. The second-order valence-corrected chi connectivity index (χ2v) is 7.92. The van der Waals surface area contributed by atoms with Gasteiger partial charge in [-0.15, -0.1) is 0 Å². The molecule has 0 aliphatic heterocycles. The van der Waals surface area contributed by atoms with Gasteiger partial charge in [-0.3, -0.25) is 0 Å². The predicted octanol–water partition coefficient (Wildman–Crippen LogP) is 2.04. The van der Waals surface area contributed by atoms with Gasteiger partial charge in [0.05, 0.1) is 6.10 Å². The minimum absolute atomic E-state index is 0.0720. The first-order valence-electron chi connectivity index (χ1n) is 8.08. The Morgan fingerprint density at radius 3 is 2.33 bits per heavy atom. The average molecular weight is 298 g/mol. The molecule has 0 saturated heterocycles. The van der Waals surface area contributed by atoms with Crippen molar-refractivity contribution in [2.45, 2.75) is 70.6 Å². The molecular formula is C16H30N2O3. The van der Waals surface area contributed by atoms with E-state index in [-0.39, 0.29) is 17.7 Å². The summed E-state index contributed by atoms with van der Waals surface area (Å²) < 4.78 is 5.29. The second kappa shape index (κ2) is 6.13. The Morgan fingerprint density at radius 1 is 1.24 bits per heavy atom. The molecule has 1 amide bonds. The van der Waals surface area contributed by atoms with Gasteiger partial charge >= 0.3 is 6.09 Å². The van der Waals surface area contributed by atoms with Crippen LogP contribution >= 0.6 is 0 Å². The van der Waals surface area contributed by atoms with Crippen LogP contribution in [0.5, 0.6) is 0 Å². The summed E-state index contributed by atoms with van der Waals surface area (Å²) in [6.07, 6.45) is 3.76. The molecule has 2 rings (SSSR count). The molecule has 21 heavy (non-hydrogen) atoms. The first-order chi connectivity index (χ1) is 9.68. The highest BCUT2D eigenvalue weighted by atomic mass is 16.6. The maximum Gasteiger partial charge on any atom is 0.407 e. The van der Waals surface area contributed by atoms with Crippen LogP contribution in [0, 0.1) is 11.8 Å². The van der Waals surface area contributed by atoms with Crippen molar-refractivity contribution in [3.8, 4) is 0 Å². The molecule has 2 saturated carbocycles. The number of alkyl carbamates (subject to hydrolysis) is 1. The molecule has 3 N–H and O–H groups in total. The summed E-state index contributed by atoms with van der Waals surface area (Å²) in [6.45, 7) is 9.28. The number of rotatable bonds is 6. The number of hydrogen-bond acceptors (Lipinski definition) is 4. The van der Waals surface area contributed by atoms with Crippen molar-refractivity contribution in [2.75, 3.05) is 13.1 Å². The van der Waals surface area contributed by atoms with E-state index in [1.54, 1.807) is 0 Å².